The number of nitrogens with one attached hydrogen (secondary N) is 1. The number of sulfonamides is 1. The van der Waals surface area contributed by atoms with Crippen molar-refractivity contribution in [1.82, 2.24) is 9.62 Å². The summed E-state index contributed by atoms with van der Waals surface area (Å²) in [5.74, 6) is -1.10. The number of hydrogen-bond acceptors (Lipinski definition) is 5. The van der Waals surface area contributed by atoms with E-state index < -0.39 is 31.3 Å². The lowest BCUT2D eigenvalue weighted by Crippen LogP contribution is -2.47. The summed E-state index contributed by atoms with van der Waals surface area (Å²) in [5, 5.41) is 13.9. The van der Waals surface area contributed by atoms with Crippen molar-refractivity contribution in [3.8, 4) is 0 Å². The summed E-state index contributed by atoms with van der Waals surface area (Å²) >= 11 is 0. The molecule has 0 aromatic heterocycles. The fourth-order valence-corrected chi connectivity index (χ4v) is 4.15. The smallest absolute Gasteiger partial charge is 0.292 e. The number of rotatable bonds is 4. The second-order valence-electron chi connectivity index (χ2n) is 4.84. The van der Waals surface area contributed by atoms with Gasteiger partial charge in [0, 0.05) is 25.2 Å². The van der Waals surface area contributed by atoms with E-state index in [1.54, 1.807) is 7.05 Å². The summed E-state index contributed by atoms with van der Waals surface area (Å²) in [5.41, 5.74) is -0.735. The lowest BCUT2D eigenvalue weighted by Gasteiger charge is -2.31. The average Bonchev–Trinajstić information content (AvgIpc) is 2.46. The Labute approximate surface area is 122 Å². The van der Waals surface area contributed by atoms with Crippen molar-refractivity contribution in [2.75, 3.05) is 20.1 Å². The van der Waals surface area contributed by atoms with Crippen molar-refractivity contribution in [3.05, 3.63) is 34.1 Å². The second kappa shape index (κ2) is 6.04. The summed E-state index contributed by atoms with van der Waals surface area (Å²) in [6.45, 7) is 0.399. The fraction of sp³-hybridized carbons (Fsp3) is 0.500. The van der Waals surface area contributed by atoms with Crippen molar-refractivity contribution < 1.29 is 17.7 Å². The molecule has 1 aromatic rings. The van der Waals surface area contributed by atoms with Crippen LogP contribution in [0, 0.1) is 15.9 Å². The van der Waals surface area contributed by atoms with Crippen LogP contribution in [0.1, 0.15) is 12.8 Å². The first kappa shape index (κ1) is 15.8. The van der Waals surface area contributed by atoms with Gasteiger partial charge in [0.05, 0.1) is 4.92 Å². The zero-order chi connectivity index (χ0) is 15.6. The van der Waals surface area contributed by atoms with Gasteiger partial charge in [0.25, 0.3) is 15.7 Å². The molecule has 1 aliphatic heterocycles. The van der Waals surface area contributed by atoms with E-state index in [1.165, 1.54) is 0 Å². The maximum Gasteiger partial charge on any atom is 0.292 e. The minimum Gasteiger partial charge on any atom is -0.316 e. The van der Waals surface area contributed by atoms with E-state index >= 15 is 0 Å². The van der Waals surface area contributed by atoms with Gasteiger partial charge >= 0.3 is 0 Å². The van der Waals surface area contributed by atoms with E-state index in [0.717, 1.165) is 28.9 Å². The maximum atomic E-state index is 13.9. The van der Waals surface area contributed by atoms with E-state index in [0.29, 0.717) is 6.42 Å². The van der Waals surface area contributed by atoms with Crippen molar-refractivity contribution in [2.24, 2.45) is 0 Å². The number of nitro benzene ring substituents is 1. The third-order valence-corrected chi connectivity index (χ3v) is 5.46. The quantitative estimate of drug-likeness (QED) is 0.663. The third kappa shape index (κ3) is 3.04. The molecule has 9 heteroatoms. The van der Waals surface area contributed by atoms with Gasteiger partial charge in [-0.3, -0.25) is 10.1 Å². The Balaban J connectivity index is 2.47. The molecule has 0 aliphatic carbocycles. The number of nitro groups is 1. The van der Waals surface area contributed by atoms with Crippen LogP contribution in [0.3, 0.4) is 0 Å². The van der Waals surface area contributed by atoms with Crippen LogP contribution in [0.25, 0.3) is 0 Å². The minimum absolute atomic E-state index is 0.0423. The van der Waals surface area contributed by atoms with Gasteiger partial charge in [-0.15, -0.1) is 0 Å². The van der Waals surface area contributed by atoms with Crippen LogP contribution in [0.15, 0.2) is 23.1 Å². The van der Waals surface area contributed by atoms with E-state index in [2.05, 4.69) is 5.32 Å². The van der Waals surface area contributed by atoms with E-state index in [1.807, 2.05) is 0 Å². The summed E-state index contributed by atoms with van der Waals surface area (Å²) in [6, 6.07) is 2.99. The Bertz CT molecular complexity index is 650. The van der Waals surface area contributed by atoms with Gasteiger partial charge < -0.3 is 5.32 Å². The monoisotopic (exact) mass is 317 g/mol. The van der Waals surface area contributed by atoms with Crippen LogP contribution in [-0.2, 0) is 10.0 Å². The van der Waals surface area contributed by atoms with Gasteiger partial charge in [0.2, 0.25) is 0 Å². The molecule has 116 valence electrons. The van der Waals surface area contributed by atoms with Crippen LogP contribution in [0.2, 0.25) is 0 Å². The van der Waals surface area contributed by atoms with Crippen molar-refractivity contribution in [3.63, 3.8) is 0 Å². The average molecular weight is 317 g/mol. The van der Waals surface area contributed by atoms with Crippen LogP contribution in [0.4, 0.5) is 10.1 Å². The molecule has 2 rings (SSSR count). The molecule has 1 fully saturated rings. The van der Waals surface area contributed by atoms with Crippen molar-refractivity contribution in [2.45, 2.75) is 23.8 Å². The zero-order valence-electron chi connectivity index (χ0n) is 11.5. The van der Waals surface area contributed by atoms with Gasteiger partial charge in [-0.05, 0) is 26.0 Å². The van der Waals surface area contributed by atoms with Gasteiger partial charge in [0.15, 0.2) is 4.90 Å². The molecule has 1 aliphatic rings. The van der Waals surface area contributed by atoms with Crippen LogP contribution < -0.4 is 5.32 Å². The first-order valence-electron chi connectivity index (χ1n) is 6.48. The molecule has 1 atom stereocenters. The molecule has 1 heterocycles. The summed E-state index contributed by atoms with van der Waals surface area (Å²) < 4.78 is 40.1. The summed E-state index contributed by atoms with van der Waals surface area (Å²) in [7, 11) is -2.52. The Hall–Kier alpha value is -1.58. The molecular formula is C12H16FN3O4S. The molecule has 7 nitrogen and oxygen atoms in total. The molecule has 0 amide bonds. The molecule has 0 bridgehead atoms. The van der Waals surface area contributed by atoms with E-state index in [-0.39, 0.29) is 19.1 Å². The molecule has 21 heavy (non-hydrogen) atoms. The highest BCUT2D eigenvalue weighted by atomic mass is 32.2. The number of hydrogen-bond donors (Lipinski definition) is 1. The van der Waals surface area contributed by atoms with Crippen molar-refractivity contribution >= 4 is 15.7 Å². The zero-order valence-corrected chi connectivity index (χ0v) is 12.3. The molecule has 0 spiro atoms. The number of benzene rings is 1. The Morgan fingerprint density at radius 1 is 1.48 bits per heavy atom. The topological polar surface area (TPSA) is 92.6 Å². The molecule has 1 saturated heterocycles. The Morgan fingerprint density at radius 3 is 2.81 bits per heavy atom. The molecule has 0 saturated carbocycles. The van der Waals surface area contributed by atoms with Crippen LogP contribution >= 0.6 is 0 Å². The molecule has 0 radical (unpaired) electrons. The highest BCUT2D eigenvalue weighted by Gasteiger charge is 2.37. The number of likely N-dealkylation sites (N-methyl/N-ethyl adjacent to an activating group) is 1. The predicted octanol–water partition coefficient (Wildman–Crippen LogP) is 1.11. The number of piperidine rings is 1. The second-order valence-corrected chi connectivity index (χ2v) is 6.71. The standard InChI is InChI=1S/C12H16FN3O4S/c1-14-9-4-3-7-15(8-9)21(19,20)12-10(13)5-2-6-11(12)16(17)18/h2,5-6,9,14H,3-4,7-8H2,1H3. The Morgan fingerprint density at radius 2 is 2.19 bits per heavy atom. The van der Waals surface area contributed by atoms with Crippen LogP contribution in [-0.4, -0.2) is 43.8 Å². The Kier molecular flexibility index (Phi) is 4.55. The highest BCUT2D eigenvalue weighted by Crippen LogP contribution is 2.30. The normalized spacial score (nSPS) is 20.4. The fourth-order valence-electron chi connectivity index (χ4n) is 2.42. The molecule has 1 unspecified atom stereocenters. The van der Waals surface area contributed by atoms with Gasteiger partial charge in [-0.25, -0.2) is 12.8 Å². The minimum atomic E-state index is -4.23. The number of halogens is 1. The molecule has 1 N–H and O–H groups in total. The maximum absolute atomic E-state index is 13.9. The summed E-state index contributed by atoms with van der Waals surface area (Å²) in [4.78, 5) is 9.23. The highest BCUT2D eigenvalue weighted by molar-refractivity contribution is 7.89. The molecular weight excluding hydrogens is 301 g/mol. The van der Waals surface area contributed by atoms with Gasteiger partial charge in [-0.1, -0.05) is 6.07 Å². The SMILES string of the molecule is CNC1CCCN(S(=O)(=O)c2c(F)cccc2[N+](=O)[O-])C1. The third-order valence-electron chi connectivity index (χ3n) is 3.53. The number of nitrogens with zero attached hydrogens (tertiary/aromatic N) is 2. The van der Waals surface area contributed by atoms with Gasteiger partial charge in [0.1, 0.15) is 5.82 Å². The van der Waals surface area contributed by atoms with Crippen LogP contribution in [0.5, 0.6) is 0 Å². The largest absolute Gasteiger partial charge is 0.316 e. The van der Waals surface area contributed by atoms with Crippen molar-refractivity contribution in [1.29, 1.82) is 0 Å². The predicted molar refractivity (Wildman–Crippen MR) is 73.9 cm³/mol. The van der Waals surface area contributed by atoms with E-state index in [4.69, 9.17) is 0 Å². The first-order valence-corrected chi connectivity index (χ1v) is 7.92. The summed E-state index contributed by atoms with van der Waals surface area (Å²) in [6.07, 6.45) is 1.43. The lowest BCUT2D eigenvalue weighted by atomic mass is 10.1. The van der Waals surface area contributed by atoms with E-state index in [9.17, 15) is 22.9 Å². The molecule has 1 aromatic carbocycles. The lowest BCUT2D eigenvalue weighted by molar-refractivity contribution is -0.388. The van der Waals surface area contributed by atoms with Gasteiger partial charge in [-0.2, -0.15) is 4.31 Å². The first-order chi connectivity index (χ1) is 9.87.